The van der Waals surface area contributed by atoms with Crippen molar-refractivity contribution in [3.05, 3.63) is 66.3 Å². The Labute approximate surface area is 153 Å². The Bertz CT molecular complexity index is 1140. The number of aryl methyl sites for hydroxylation is 1. The summed E-state index contributed by atoms with van der Waals surface area (Å²) in [5.74, 6) is 0.299. The lowest BCUT2D eigenvalue weighted by atomic mass is 10.3. The van der Waals surface area contributed by atoms with Crippen LogP contribution in [0.3, 0.4) is 0 Å². The van der Waals surface area contributed by atoms with Crippen molar-refractivity contribution >= 4 is 22.5 Å². The Kier molecular flexibility index (Phi) is 4.15. The van der Waals surface area contributed by atoms with E-state index in [0.29, 0.717) is 34.2 Å². The molecule has 0 aliphatic carbocycles. The van der Waals surface area contributed by atoms with Crippen LogP contribution >= 0.6 is 0 Å². The summed E-state index contributed by atoms with van der Waals surface area (Å²) < 4.78 is 34.0. The van der Waals surface area contributed by atoms with Gasteiger partial charge in [0, 0.05) is 23.9 Å². The average Bonchev–Trinajstić information content (AvgIpc) is 2.97. The molecule has 0 bridgehead atoms. The molecular formula is C19H15F2N5O. The van der Waals surface area contributed by atoms with Crippen molar-refractivity contribution in [2.24, 2.45) is 0 Å². The number of methoxy groups -OCH3 is 1. The monoisotopic (exact) mass is 367 g/mol. The lowest BCUT2D eigenvalue weighted by Crippen LogP contribution is -2.04. The molecule has 0 fully saturated rings. The standard InChI is InChI=1S/C19H15F2N5O/c1-11-23-16-7-14(20)15(21)8-17(16)26(11)19-10-22-9-18(25-19)24-12-4-3-5-13(6-12)27-2/h3-10H,1-2H3,(H,24,25). The molecule has 8 heteroatoms. The third kappa shape index (κ3) is 3.17. The van der Waals surface area contributed by atoms with Gasteiger partial charge in [-0.1, -0.05) is 6.07 Å². The molecule has 4 aromatic rings. The van der Waals surface area contributed by atoms with Crippen LogP contribution < -0.4 is 10.1 Å². The van der Waals surface area contributed by atoms with E-state index in [0.717, 1.165) is 17.8 Å². The first kappa shape index (κ1) is 16.9. The van der Waals surface area contributed by atoms with Gasteiger partial charge in [0.25, 0.3) is 0 Å². The van der Waals surface area contributed by atoms with Crippen molar-refractivity contribution in [3.8, 4) is 11.6 Å². The molecule has 6 nitrogen and oxygen atoms in total. The topological polar surface area (TPSA) is 64.9 Å². The molecule has 1 N–H and O–H groups in total. The van der Waals surface area contributed by atoms with Gasteiger partial charge in [0.2, 0.25) is 0 Å². The summed E-state index contributed by atoms with van der Waals surface area (Å²) in [5, 5.41) is 3.15. The van der Waals surface area contributed by atoms with E-state index in [1.807, 2.05) is 24.3 Å². The molecule has 0 saturated carbocycles. The van der Waals surface area contributed by atoms with Crippen LogP contribution in [-0.2, 0) is 0 Å². The van der Waals surface area contributed by atoms with Gasteiger partial charge in [-0.3, -0.25) is 9.55 Å². The molecule has 0 saturated heterocycles. The molecule has 0 atom stereocenters. The maximum Gasteiger partial charge on any atom is 0.161 e. The van der Waals surface area contributed by atoms with Gasteiger partial charge in [0.05, 0.1) is 30.5 Å². The molecule has 2 heterocycles. The van der Waals surface area contributed by atoms with Gasteiger partial charge >= 0.3 is 0 Å². The van der Waals surface area contributed by atoms with Crippen molar-refractivity contribution in [1.82, 2.24) is 19.5 Å². The Morgan fingerprint density at radius 3 is 2.67 bits per heavy atom. The number of halogens is 2. The molecule has 0 radical (unpaired) electrons. The summed E-state index contributed by atoms with van der Waals surface area (Å²) in [7, 11) is 1.59. The Hall–Kier alpha value is -3.55. The Morgan fingerprint density at radius 1 is 1.04 bits per heavy atom. The predicted molar refractivity (Wildman–Crippen MR) is 97.6 cm³/mol. The highest BCUT2D eigenvalue weighted by molar-refractivity contribution is 5.78. The number of fused-ring (bicyclic) bond motifs is 1. The molecule has 136 valence electrons. The zero-order chi connectivity index (χ0) is 19.0. The highest BCUT2D eigenvalue weighted by atomic mass is 19.2. The number of imidazole rings is 1. The largest absolute Gasteiger partial charge is 0.497 e. The first-order valence-electron chi connectivity index (χ1n) is 8.13. The fourth-order valence-corrected chi connectivity index (χ4v) is 2.85. The van der Waals surface area contributed by atoms with Crippen LogP contribution in [0.15, 0.2) is 48.8 Å². The third-order valence-electron chi connectivity index (χ3n) is 4.06. The van der Waals surface area contributed by atoms with E-state index in [9.17, 15) is 8.78 Å². The van der Waals surface area contributed by atoms with Crippen molar-refractivity contribution in [2.75, 3.05) is 12.4 Å². The summed E-state index contributed by atoms with van der Waals surface area (Å²) in [5.41, 5.74) is 1.54. The predicted octanol–water partition coefficient (Wildman–Crippen LogP) is 4.15. The Balaban J connectivity index is 1.75. The van der Waals surface area contributed by atoms with E-state index < -0.39 is 11.6 Å². The van der Waals surface area contributed by atoms with E-state index in [-0.39, 0.29) is 0 Å². The minimum absolute atomic E-state index is 0.347. The van der Waals surface area contributed by atoms with Crippen LogP contribution in [0.5, 0.6) is 5.75 Å². The molecular weight excluding hydrogens is 352 g/mol. The minimum Gasteiger partial charge on any atom is -0.497 e. The van der Waals surface area contributed by atoms with Crippen LogP contribution in [0.2, 0.25) is 0 Å². The zero-order valence-electron chi connectivity index (χ0n) is 14.6. The smallest absolute Gasteiger partial charge is 0.161 e. The summed E-state index contributed by atoms with van der Waals surface area (Å²) in [6.45, 7) is 1.74. The number of nitrogens with zero attached hydrogens (tertiary/aromatic N) is 4. The highest BCUT2D eigenvalue weighted by Crippen LogP contribution is 2.24. The summed E-state index contributed by atoms with van der Waals surface area (Å²) >= 11 is 0. The van der Waals surface area contributed by atoms with E-state index in [1.165, 1.54) is 6.20 Å². The second kappa shape index (κ2) is 6.64. The fraction of sp³-hybridized carbons (Fsp3) is 0.105. The van der Waals surface area contributed by atoms with Crippen LogP contribution in [-0.4, -0.2) is 26.6 Å². The Morgan fingerprint density at radius 2 is 1.85 bits per heavy atom. The molecule has 0 unspecified atom stereocenters. The maximum absolute atomic E-state index is 13.7. The van der Waals surface area contributed by atoms with Crippen molar-refractivity contribution < 1.29 is 13.5 Å². The highest BCUT2D eigenvalue weighted by Gasteiger charge is 2.15. The van der Waals surface area contributed by atoms with E-state index in [4.69, 9.17) is 4.74 Å². The lowest BCUT2D eigenvalue weighted by molar-refractivity contribution is 0.415. The molecule has 0 amide bonds. The van der Waals surface area contributed by atoms with E-state index in [1.54, 1.807) is 24.8 Å². The van der Waals surface area contributed by atoms with E-state index >= 15 is 0 Å². The number of anilines is 2. The van der Waals surface area contributed by atoms with Crippen molar-refractivity contribution in [1.29, 1.82) is 0 Å². The SMILES string of the molecule is COc1cccc(Nc2cncc(-n3c(C)nc4cc(F)c(F)cc43)n2)c1. The number of benzene rings is 2. The zero-order valence-corrected chi connectivity index (χ0v) is 14.6. The number of hydrogen-bond donors (Lipinski definition) is 1. The van der Waals surface area contributed by atoms with Crippen molar-refractivity contribution in [2.45, 2.75) is 6.92 Å². The first-order chi connectivity index (χ1) is 13.0. The van der Waals surface area contributed by atoms with Crippen molar-refractivity contribution in [3.63, 3.8) is 0 Å². The van der Waals surface area contributed by atoms with Crippen LogP contribution in [0.1, 0.15) is 5.82 Å². The molecule has 0 aliphatic heterocycles. The molecule has 2 aromatic heterocycles. The number of rotatable bonds is 4. The van der Waals surface area contributed by atoms with Gasteiger partial charge in [-0.15, -0.1) is 0 Å². The van der Waals surface area contributed by atoms with Gasteiger partial charge in [-0.05, 0) is 19.1 Å². The fourth-order valence-electron chi connectivity index (χ4n) is 2.85. The number of aromatic nitrogens is 4. The molecule has 4 rings (SSSR count). The van der Waals surface area contributed by atoms with Gasteiger partial charge < -0.3 is 10.1 Å². The van der Waals surface area contributed by atoms with Gasteiger partial charge in [-0.2, -0.15) is 0 Å². The summed E-state index contributed by atoms with van der Waals surface area (Å²) in [6, 6.07) is 9.55. The second-order valence-electron chi connectivity index (χ2n) is 5.87. The molecule has 0 aliphatic rings. The molecule has 0 spiro atoms. The maximum atomic E-state index is 13.7. The first-order valence-corrected chi connectivity index (χ1v) is 8.13. The van der Waals surface area contributed by atoms with Gasteiger partial charge in [0.1, 0.15) is 11.6 Å². The van der Waals surface area contributed by atoms with Crippen LogP contribution in [0.25, 0.3) is 16.9 Å². The quantitative estimate of drug-likeness (QED) is 0.587. The second-order valence-corrected chi connectivity index (χ2v) is 5.87. The van der Waals surface area contributed by atoms with Gasteiger partial charge in [0.15, 0.2) is 23.3 Å². The normalized spacial score (nSPS) is 11.0. The third-order valence-corrected chi connectivity index (χ3v) is 4.06. The van der Waals surface area contributed by atoms with Crippen LogP contribution in [0.4, 0.5) is 20.3 Å². The number of hydrogen-bond acceptors (Lipinski definition) is 5. The van der Waals surface area contributed by atoms with Gasteiger partial charge in [-0.25, -0.2) is 18.7 Å². The molecule has 27 heavy (non-hydrogen) atoms. The summed E-state index contributed by atoms with van der Waals surface area (Å²) in [4.78, 5) is 13.0. The lowest BCUT2D eigenvalue weighted by Gasteiger charge is -2.10. The minimum atomic E-state index is -0.942. The molecule has 2 aromatic carbocycles. The van der Waals surface area contributed by atoms with E-state index in [2.05, 4.69) is 20.3 Å². The van der Waals surface area contributed by atoms with Crippen LogP contribution in [0, 0.1) is 18.6 Å². The summed E-state index contributed by atoms with van der Waals surface area (Å²) in [6.07, 6.45) is 3.10. The number of ether oxygens (including phenoxy) is 1. The number of nitrogens with one attached hydrogen (secondary N) is 1. The average molecular weight is 367 g/mol.